The molecule has 22 heavy (non-hydrogen) atoms. The van der Waals surface area contributed by atoms with Crippen molar-refractivity contribution in [3.63, 3.8) is 0 Å². The van der Waals surface area contributed by atoms with E-state index in [0.717, 1.165) is 23.1 Å². The van der Waals surface area contributed by atoms with Crippen molar-refractivity contribution in [2.75, 3.05) is 11.5 Å². The summed E-state index contributed by atoms with van der Waals surface area (Å²) in [5.74, 6) is 0. The van der Waals surface area contributed by atoms with Crippen LogP contribution >= 0.6 is 0 Å². The topological polar surface area (TPSA) is 106 Å². The molecule has 5 nitrogen and oxygen atoms in total. The highest BCUT2D eigenvalue weighted by Crippen LogP contribution is 2.41. The average Bonchev–Trinajstić information content (AvgIpc) is 2.45. The van der Waals surface area contributed by atoms with Gasteiger partial charge in [-0.3, -0.25) is 4.55 Å². The molecular weight excluding hydrogens is 300 g/mol. The van der Waals surface area contributed by atoms with E-state index in [4.69, 9.17) is 11.5 Å². The fourth-order valence-corrected chi connectivity index (χ4v) is 4.34. The maximum absolute atomic E-state index is 11.9. The predicted octanol–water partition coefficient (Wildman–Crippen LogP) is 3.27. The Bertz CT molecular complexity index is 640. The molecule has 0 bridgehead atoms. The van der Waals surface area contributed by atoms with Crippen molar-refractivity contribution in [1.29, 1.82) is 0 Å². The smallest absolute Gasteiger partial charge is 0.272 e. The van der Waals surface area contributed by atoms with Crippen molar-refractivity contribution in [1.82, 2.24) is 0 Å². The molecule has 1 atom stereocenters. The summed E-state index contributed by atoms with van der Waals surface area (Å²) < 4.78 is 33.4. The van der Waals surface area contributed by atoms with Crippen LogP contribution in [-0.2, 0) is 29.4 Å². The predicted molar refractivity (Wildman–Crippen MR) is 92.6 cm³/mol. The lowest BCUT2D eigenvalue weighted by atomic mass is 9.87. The Hall–Kier alpha value is -1.27. The van der Waals surface area contributed by atoms with Gasteiger partial charge in [0.05, 0.1) is 0 Å². The molecule has 1 aromatic carbocycles. The number of anilines is 2. The van der Waals surface area contributed by atoms with E-state index in [2.05, 4.69) is 0 Å². The Morgan fingerprint density at radius 2 is 1.36 bits per heavy atom. The summed E-state index contributed by atoms with van der Waals surface area (Å²) in [6, 6.07) is 0. The van der Waals surface area contributed by atoms with Crippen LogP contribution in [0, 0.1) is 0 Å². The van der Waals surface area contributed by atoms with E-state index in [1.54, 1.807) is 0 Å². The highest BCUT2D eigenvalue weighted by molar-refractivity contribution is 7.86. The van der Waals surface area contributed by atoms with Crippen LogP contribution in [0.4, 0.5) is 11.4 Å². The first-order chi connectivity index (χ1) is 10.2. The molecule has 0 saturated heterocycles. The van der Waals surface area contributed by atoms with Crippen molar-refractivity contribution in [2.24, 2.45) is 0 Å². The molecule has 6 heteroatoms. The molecule has 1 aromatic rings. The number of hydrogen-bond acceptors (Lipinski definition) is 4. The number of hydrogen-bond donors (Lipinski definition) is 3. The Morgan fingerprint density at radius 1 is 0.909 bits per heavy atom. The number of rotatable bonds is 7. The van der Waals surface area contributed by atoms with Gasteiger partial charge in [-0.15, -0.1) is 0 Å². The van der Waals surface area contributed by atoms with Gasteiger partial charge in [-0.25, -0.2) is 0 Å². The van der Waals surface area contributed by atoms with E-state index in [9.17, 15) is 13.0 Å². The van der Waals surface area contributed by atoms with E-state index < -0.39 is 15.4 Å². The van der Waals surface area contributed by atoms with Crippen molar-refractivity contribution in [3.05, 3.63) is 22.3 Å². The molecule has 0 aliphatic carbocycles. The van der Waals surface area contributed by atoms with Gasteiger partial charge in [0.25, 0.3) is 10.1 Å². The van der Waals surface area contributed by atoms with Crippen LogP contribution in [-0.4, -0.2) is 13.0 Å². The number of benzene rings is 1. The third-order valence-corrected chi connectivity index (χ3v) is 5.44. The third-order valence-electron chi connectivity index (χ3n) is 4.25. The Morgan fingerprint density at radius 3 is 1.73 bits per heavy atom. The van der Waals surface area contributed by atoms with Gasteiger partial charge in [0.15, 0.2) is 0 Å². The van der Waals surface area contributed by atoms with Crippen LogP contribution in [0.3, 0.4) is 0 Å². The Balaban J connectivity index is 3.82. The molecule has 0 fully saturated rings. The summed E-state index contributed by atoms with van der Waals surface area (Å²) in [7, 11) is -4.23. The van der Waals surface area contributed by atoms with Gasteiger partial charge in [-0.1, -0.05) is 34.1 Å². The van der Waals surface area contributed by atoms with Crippen LogP contribution in [0.25, 0.3) is 0 Å². The molecule has 1 unspecified atom stereocenters. The molecule has 0 radical (unpaired) electrons. The van der Waals surface area contributed by atoms with Gasteiger partial charge < -0.3 is 11.5 Å². The van der Waals surface area contributed by atoms with Crippen molar-refractivity contribution >= 4 is 21.5 Å². The molecule has 0 aromatic heterocycles. The highest BCUT2D eigenvalue weighted by atomic mass is 32.2. The van der Waals surface area contributed by atoms with E-state index in [0.29, 0.717) is 42.6 Å². The Labute approximate surface area is 133 Å². The molecule has 0 aliphatic heterocycles. The van der Waals surface area contributed by atoms with E-state index >= 15 is 0 Å². The van der Waals surface area contributed by atoms with E-state index in [-0.39, 0.29) is 0 Å². The minimum atomic E-state index is -4.23. The van der Waals surface area contributed by atoms with Crippen LogP contribution in [0.2, 0.25) is 0 Å². The standard InChI is InChI=1S/C16H28N2O3S/c1-5-9-13(22(19,20)21)14-12(8-4)15(17)10(6-2)11(7-3)16(14)18/h13H,5-9,17-18H2,1-4H3,(H,19,20,21). The van der Waals surface area contributed by atoms with Crippen molar-refractivity contribution in [2.45, 2.75) is 65.0 Å². The van der Waals surface area contributed by atoms with Gasteiger partial charge in [0.2, 0.25) is 0 Å². The van der Waals surface area contributed by atoms with Gasteiger partial charge in [-0.05, 0) is 42.4 Å². The van der Waals surface area contributed by atoms with Crippen LogP contribution < -0.4 is 11.5 Å². The van der Waals surface area contributed by atoms with Gasteiger partial charge in [0, 0.05) is 16.9 Å². The van der Waals surface area contributed by atoms with Gasteiger partial charge in [0.1, 0.15) is 5.25 Å². The zero-order valence-electron chi connectivity index (χ0n) is 13.9. The van der Waals surface area contributed by atoms with Gasteiger partial charge in [-0.2, -0.15) is 8.42 Å². The monoisotopic (exact) mass is 328 g/mol. The number of nitrogen functional groups attached to an aromatic ring is 2. The Kier molecular flexibility index (Phi) is 6.26. The fraction of sp³-hybridized carbons (Fsp3) is 0.625. The minimum absolute atomic E-state index is 0.324. The summed E-state index contributed by atoms with van der Waals surface area (Å²) in [5, 5.41) is -1.01. The summed E-state index contributed by atoms with van der Waals surface area (Å²) in [6.45, 7) is 7.79. The van der Waals surface area contributed by atoms with Crippen molar-refractivity contribution in [3.8, 4) is 0 Å². The first-order valence-electron chi connectivity index (χ1n) is 7.91. The summed E-state index contributed by atoms with van der Waals surface area (Å²) in [4.78, 5) is 0. The first kappa shape index (κ1) is 18.8. The lowest BCUT2D eigenvalue weighted by molar-refractivity contribution is 0.463. The lowest BCUT2D eigenvalue weighted by Gasteiger charge is -2.25. The summed E-state index contributed by atoms with van der Waals surface area (Å²) >= 11 is 0. The largest absolute Gasteiger partial charge is 0.398 e. The maximum atomic E-state index is 11.9. The highest BCUT2D eigenvalue weighted by Gasteiger charge is 2.31. The van der Waals surface area contributed by atoms with E-state index in [1.807, 2.05) is 27.7 Å². The molecule has 1 rings (SSSR count). The summed E-state index contributed by atoms with van der Waals surface area (Å²) in [5.41, 5.74) is 16.8. The molecule has 0 saturated carbocycles. The van der Waals surface area contributed by atoms with E-state index in [1.165, 1.54) is 0 Å². The first-order valence-corrected chi connectivity index (χ1v) is 9.42. The molecule has 0 spiro atoms. The molecule has 0 amide bonds. The van der Waals surface area contributed by atoms with Crippen molar-refractivity contribution < 1.29 is 13.0 Å². The lowest BCUT2D eigenvalue weighted by Crippen LogP contribution is -2.19. The zero-order valence-corrected chi connectivity index (χ0v) is 14.8. The van der Waals surface area contributed by atoms with Gasteiger partial charge >= 0.3 is 0 Å². The maximum Gasteiger partial charge on any atom is 0.272 e. The van der Waals surface area contributed by atoms with Crippen LogP contribution in [0.15, 0.2) is 0 Å². The second-order valence-corrected chi connectivity index (χ2v) is 7.13. The minimum Gasteiger partial charge on any atom is -0.398 e. The number of nitrogens with two attached hydrogens (primary N) is 2. The second-order valence-electron chi connectivity index (χ2n) is 5.53. The quantitative estimate of drug-likeness (QED) is 0.526. The molecule has 0 heterocycles. The second kappa shape index (κ2) is 7.33. The normalized spacial score (nSPS) is 13.3. The molecular formula is C16H28N2O3S. The molecule has 126 valence electrons. The average molecular weight is 328 g/mol. The SMILES string of the molecule is CCCC(c1c(N)c(CC)c(CC)c(N)c1CC)S(=O)(=O)O. The third kappa shape index (κ3) is 3.38. The fourth-order valence-electron chi connectivity index (χ4n) is 3.24. The zero-order chi connectivity index (χ0) is 17.1. The van der Waals surface area contributed by atoms with Crippen LogP contribution in [0.1, 0.15) is 68.0 Å². The molecule has 0 aliphatic rings. The van der Waals surface area contributed by atoms with Crippen LogP contribution in [0.5, 0.6) is 0 Å². The molecule has 5 N–H and O–H groups in total. The summed E-state index contributed by atoms with van der Waals surface area (Å²) in [6.07, 6.45) is 2.96.